The number of benzene rings is 1. The molecule has 1 atom stereocenters. The molecule has 2 aromatic rings. The fourth-order valence-corrected chi connectivity index (χ4v) is 4.07. The number of aryl methyl sites for hydroxylation is 2. The normalized spacial score (nSPS) is 16.2. The second kappa shape index (κ2) is 10.1. The summed E-state index contributed by atoms with van der Waals surface area (Å²) in [6.07, 6.45) is 2.89. The lowest BCUT2D eigenvalue weighted by atomic mass is 10.0. The molecule has 0 spiro atoms. The zero-order valence-corrected chi connectivity index (χ0v) is 17.9. The van der Waals surface area contributed by atoms with Crippen molar-refractivity contribution in [2.24, 2.45) is 0 Å². The first kappa shape index (κ1) is 21.7. The van der Waals surface area contributed by atoms with Crippen molar-refractivity contribution in [2.45, 2.75) is 52.6 Å². The molecule has 1 fully saturated rings. The second-order valence-electron chi connectivity index (χ2n) is 7.87. The van der Waals surface area contributed by atoms with Crippen LogP contribution in [0.2, 0.25) is 0 Å². The average molecular weight is 401 g/mol. The molecule has 1 aromatic heterocycles. The largest absolute Gasteiger partial charge is 0.392 e. The fourth-order valence-electron chi connectivity index (χ4n) is 4.07. The molecule has 5 nitrogen and oxygen atoms in total. The number of nitrogens with zero attached hydrogens (tertiary/aromatic N) is 4. The fraction of sp³-hybridized carbons (Fsp3) is 0.565. The molecule has 158 valence electrons. The van der Waals surface area contributed by atoms with E-state index in [9.17, 15) is 9.50 Å². The molecule has 1 N–H and O–H groups in total. The van der Waals surface area contributed by atoms with Crippen LogP contribution in [0.4, 0.5) is 10.2 Å². The van der Waals surface area contributed by atoms with Gasteiger partial charge in [-0.1, -0.05) is 38.5 Å². The summed E-state index contributed by atoms with van der Waals surface area (Å²) in [5.74, 6) is 1.51. The Morgan fingerprint density at radius 1 is 1.10 bits per heavy atom. The van der Waals surface area contributed by atoms with Crippen LogP contribution in [0.1, 0.15) is 49.3 Å². The number of β-amino-alcohol motifs (C(OH)–C–C–N with tert-alkyl or cyclic N) is 1. The van der Waals surface area contributed by atoms with E-state index in [0.29, 0.717) is 12.0 Å². The number of aliphatic hydroxyl groups is 1. The maximum atomic E-state index is 14.3. The highest BCUT2D eigenvalue weighted by atomic mass is 19.1. The molecule has 6 heteroatoms. The van der Waals surface area contributed by atoms with Gasteiger partial charge < -0.3 is 10.0 Å². The third-order valence-corrected chi connectivity index (χ3v) is 5.61. The van der Waals surface area contributed by atoms with Crippen LogP contribution in [0.25, 0.3) is 0 Å². The van der Waals surface area contributed by atoms with Crippen LogP contribution in [-0.2, 0) is 12.8 Å². The molecule has 1 aromatic carbocycles. The first-order valence-corrected chi connectivity index (χ1v) is 10.8. The molecule has 0 radical (unpaired) electrons. The molecule has 1 aliphatic rings. The number of rotatable bonds is 8. The lowest BCUT2D eigenvalue weighted by Crippen LogP contribution is -2.49. The second-order valence-corrected chi connectivity index (χ2v) is 7.87. The standard InChI is InChI=1S/C23H33FN4O/c1-4-8-19(29)16-27-11-13-28(14-12-27)23-20(22(5-2)25-17(3)26-23)15-18-9-6-7-10-21(18)24/h6-7,9-10,19,29H,4-5,8,11-16H2,1-3H3/t19-/m0/s1. The van der Waals surface area contributed by atoms with Gasteiger partial charge in [0.25, 0.3) is 0 Å². The third-order valence-electron chi connectivity index (χ3n) is 5.61. The molecule has 0 amide bonds. The maximum absolute atomic E-state index is 14.3. The van der Waals surface area contributed by atoms with Crippen molar-refractivity contribution in [3.63, 3.8) is 0 Å². The van der Waals surface area contributed by atoms with E-state index in [1.165, 1.54) is 6.07 Å². The zero-order chi connectivity index (χ0) is 20.8. The van der Waals surface area contributed by atoms with E-state index in [-0.39, 0.29) is 11.9 Å². The van der Waals surface area contributed by atoms with Crippen LogP contribution >= 0.6 is 0 Å². The van der Waals surface area contributed by atoms with Gasteiger partial charge in [-0.2, -0.15) is 0 Å². The van der Waals surface area contributed by atoms with Gasteiger partial charge in [0.1, 0.15) is 17.5 Å². The number of hydrogen-bond acceptors (Lipinski definition) is 5. The predicted octanol–water partition coefficient (Wildman–Crippen LogP) is 3.36. The molecule has 2 heterocycles. The number of piperazine rings is 1. The highest BCUT2D eigenvalue weighted by molar-refractivity contribution is 5.52. The summed E-state index contributed by atoms with van der Waals surface area (Å²) >= 11 is 0. The topological polar surface area (TPSA) is 52.5 Å². The number of hydrogen-bond donors (Lipinski definition) is 1. The van der Waals surface area contributed by atoms with Crippen LogP contribution in [0.15, 0.2) is 24.3 Å². The van der Waals surface area contributed by atoms with Crippen molar-refractivity contribution in [1.82, 2.24) is 14.9 Å². The van der Waals surface area contributed by atoms with Crippen LogP contribution in [0.5, 0.6) is 0 Å². The molecule has 1 aliphatic heterocycles. The number of anilines is 1. The van der Waals surface area contributed by atoms with E-state index in [1.54, 1.807) is 6.07 Å². The summed E-state index contributed by atoms with van der Waals surface area (Å²) in [7, 11) is 0. The summed E-state index contributed by atoms with van der Waals surface area (Å²) in [5.41, 5.74) is 2.71. The molecule has 3 rings (SSSR count). The van der Waals surface area contributed by atoms with E-state index < -0.39 is 0 Å². The smallest absolute Gasteiger partial charge is 0.136 e. The Hall–Kier alpha value is -2.05. The molecular formula is C23H33FN4O. The van der Waals surface area contributed by atoms with Gasteiger partial charge in [-0.15, -0.1) is 0 Å². The van der Waals surface area contributed by atoms with Gasteiger partial charge in [-0.3, -0.25) is 4.90 Å². The first-order valence-electron chi connectivity index (χ1n) is 10.8. The number of aromatic nitrogens is 2. The highest BCUT2D eigenvalue weighted by Crippen LogP contribution is 2.26. The Kier molecular flexibility index (Phi) is 7.56. The molecule has 0 saturated carbocycles. The Morgan fingerprint density at radius 2 is 1.83 bits per heavy atom. The maximum Gasteiger partial charge on any atom is 0.136 e. The molecule has 0 aliphatic carbocycles. The summed E-state index contributed by atoms with van der Waals surface area (Å²) in [4.78, 5) is 14.0. The van der Waals surface area contributed by atoms with Crippen molar-refractivity contribution in [3.8, 4) is 0 Å². The summed E-state index contributed by atoms with van der Waals surface area (Å²) < 4.78 is 14.3. The van der Waals surface area contributed by atoms with Crippen LogP contribution in [-0.4, -0.2) is 58.8 Å². The van der Waals surface area contributed by atoms with Crippen molar-refractivity contribution < 1.29 is 9.50 Å². The van der Waals surface area contributed by atoms with Crippen LogP contribution in [0.3, 0.4) is 0 Å². The predicted molar refractivity (Wildman–Crippen MR) is 115 cm³/mol. The van der Waals surface area contributed by atoms with Gasteiger partial charge in [0.05, 0.1) is 6.10 Å². The lowest BCUT2D eigenvalue weighted by molar-refractivity contribution is 0.101. The van der Waals surface area contributed by atoms with Crippen molar-refractivity contribution in [1.29, 1.82) is 0 Å². The van der Waals surface area contributed by atoms with Crippen molar-refractivity contribution in [2.75, 3.05) is 37.6 Å². The van der Waals surface area contributed by atoms with E-state index in [2.05, 4.69) is 28.6 Å². The number of halogens is 1. The Labute approximate surface area is 173 Å². The SMILES string of the molecule is CCC[C@H](O)CN1CCN(c2nc(C)nc(CC)c2Cc2ccccc2F)CC1. The minimum absolute atomic E-state index is 0.184. The van der Waals surface area contributed by atoms with Gasteiger partial charge in [0, 0.05) is 50.4 Å². The van der Waals surface area contributed by atoms with Gasteiger partial charge in [-0.25, -0.2) is 14.4 Å². The monoisotopic (exact) mass is 400 g/mol. The van der Waals surface area contributed by atoms with Gasteiger partial charge >= 0.3 is 0 Å². The van der Waals surface area contributed by atoms with Gasteiger partial charge in [0.2, 0.25) is 0 Å². The van der Waals surface area contributed by atoms with E-state index in [0.717, 1.165) is 74.9 Å². The third kappa shape index (κ3) is 5.52. The van der Waals surface area contributed by atoms with E-state index >= 15 is 0 Å². The summed E-state index contributed by atoms with van der Waals surface area (Å²) in [6, 6.07) is 6.94. The van der Waals surface area contributed by atoms with E-state index in [1.807, 2.05) is 19.1 Å². The molecule has 1 saturated heterocycles. The van der Waals surface area contributed by atoms with Gasteiger partial charge in [0.15, 0.2) is 0 Å². The molecular weight excluding hydrogens is 367 g/mol. The summed E-state index contributed by atoms with van der Waals surface area (Å²) in [6.45, 7) is 10.3. The van der Waals surface area contributed by atoms with Crippen LogP contribution in [0, 0.1) is 12.7 Å². The Morgan fingerprint density at radius 3 is 2.48 bits per heavy atom. The molecule has 0 bridgehead atoms. The molecule has 29 heavy (non-hydrogen) atoms. The van der Waals surface area contributed by atoms with Crippen LogP contribution < -0.4 is 4.90 Å². The number of aliphatic hydroxyl groups excluding tert-OH is 1. The minimum atomic E-state index is -0.254. The minimum Gasteiger partial charge on any atom is -0.392 e. The molecule has 0 unspecified atom stereocenters. The first-order chi connectivity index (χ1) is 14.0. The average Bonchev–Trinajstić information content (AvgIpc) is 2.71. The van der Waals surface area contributed by atoms with Crippen molar-refractivity contribution >= 4 is 5.82 Å². The quantitative estimate of drug-likeness (QED) is 0.736. The highest BCUT2D eigenvalue weighted by Gasteiger charge is 2.24. The summed E-state index contributed by atoms with van der Waals surface area (Å²) in [5, 5.41) is 10.1. The van der Waals surface area contributed by atoms with E-state index in [4.69, 9.17) is 4.98 Å². The van der Waals surface area contributed by atoms with Crippen molar-refractivity contribution in [3.05, 3.63) is 52.7 Å². The zero-order valence-electron chi connectivity index (χ0n) is 17.9. The Balaban J connectivity index is 1.80. The lowest BCUT2D eigenvalue weighted by Gasteiger charge is -2.37. The van der Waals surface area contributed by atoms with Gasteiger partial charge in [-0.05, 0) is 31.4 Å². The Bertz CT molecular complexity index is 805.